The summed E-state index contributed by atoms with van der Waals surface area (Å²) >= 11 is 0. The van der Waals surface area contributed by atoms with Crippen molar-refractivity contribution in [3.63, 3.8) is 0 Å². The number of rotatable bonds is 6. The van der Waals surface area contributed by atoms with Crippen molar-refractivity contribution in [2.75, 3.05) is 26.3 Å². The molecule has 4 aromatic rings. The lowest BCUT2D eigenvalue weighted by atomic mass is 10.1. The zero-order chi connectivity index (χ0) is 18.9. The minimum atomic E-state index is 0.146. The van der Waals surface area contributed by atoms with Gasteiger partial charge in [0.2, 0.25) is 0 Å². The van der Waals surface area contributed by atoms with E-state index in [4.69, 9.17) is 9.47 Å². The van der Waals surface area contributed by atoms with Crippen LogP contribution in [-0.4, -0.2) is 30.9 Å². The van der Waals surface area contributed by atoms with Crippen molar-refractivity contribution < 1.29 is 9.47 Å². The molecular formula is C24H24N2O2. The molecule has 28 heavy (non-hydrogen) atoms. The van der Waals surface area contributed by atoms with Gasteiger partial charge in [0.05, 0.1) is 17.1 Å². The second-order valence-corrected chi connectivity index (χ2v) is 7.11. The maximum atomic E-state index is 6.17. The van der Waals surface area contributed by atoms with Gasteiger partial charge in [-0.2, -0.15) is 0 Å². The van der Waals surface area contributed by atoms with Gasteiger partial charge in [-0.05, 0) is 30.3 Å². The van der Waals surface area contributed by atoms with Crippen LogP contribution in [0.25, 0.3) is 21.8 Å². The normalized spacial score (nSPS) is 15.7. The van der Waals surface area contributed by atoms with Gasteiger partial charge in [0.25, 0.3) is 0 Å². The molecule has 0 fully saturated rings. The van der Waals surface area contributed by atoms with Gasteiger partial charge in [0.1, 0.15) is 24.7 Å². The van der Waals surface area contributed by atoms with E-state index < -0.39 is 0 Å². The molecule has 1 aliphatic rings. The van der Waals surface area contributed by atoms with Gasteiger partial charge in [-0.1, -0.05) is 55.5 Å². The number of benzene rings is 3. The van der Waals surface area contributed by atoms with Crippen LogP contribution in [0.1, 0.15) is 18.5 Å². The second kappa shape index (κ2) is 7.21. The van der Waals surface area contributed by atoms with Crippen molar-refractivity contribution in [3.8, 4) is 11.5 Å². The summed E-state index contributed by atoms with van der Waals surface area (Å²) in [5, 5.41) is 5.67. The smallest absolute Gasteiger partial charge is 0.143 e. The monoisotopic (exact) mass is 372 g/mol. The summed E-state index contributed by atoms with van der Waals surface area (Å²) in [6, 6.07) is 23.4. The summed E-state index contributed by atoms with van der Waals surface area (Å²) in [5.74, 6) is 1.88. The quantitative estimate of drug-likeness (QED) is 0.496. The van der Waals surface area contributed by atoms with Crippen LogP contribution in [0.3, 0.4) is 0 Å². The number of aromatic nitrogens is 1. The van der Waals surface area contributed by atoms with E-state index in [0.29, 0.717) is 13.2 Å². The molecular weight excluding hydrogens is 348 g/mol. The number of ether oxygens (including phenoxy) is 2. The average molecular weight is 372 g/mol. The first kappa shape index (κ1) is 17.1. The van der Waals surface area contributed by atoms with Crippen molar-refractivity contribution in [2.45, 2.75) is 13.0 Å². The Morgan fingerprint density at radius 1 is 1.04 bits per heavy atom. The minimum Gasteiger partial charge on any atom is -0.492 e. The van der Waals surface area contributed by atoms with Gasteiger partial charge in [0, 0.05) is 17.3 Å². The van der Waals surface area contributed by atoms with Crippen molar-refractivity contribution >= 4 is 21.8 Å². The Morgan fingerprint density at radius 3 is 2.75 bits per heavy atom. The third kappa shape index (κ3) is 2.72. The van der Waals surface area contributed by atoms with Gasteiger partial charge >= 0.3 is 0 Å². The summed E-state index contributed by atoms with van der Waals surface area (Å²) < 4.78 is 14.8. The zero-order valence-electron chi connectivity index (χ0n) is 16.0. The number of fused-ring (bicyclic) bond motifs is 3. The van der Waals surface area contributed by atoms with Crippen molar-refractivity contribution in [1.29, 1.82) is 0 Å². The molecule has 1 aliphatic heterocycles. The first-order valence-corrected chi connectivity index (χ1v) is 9.95. The molecule has 0 radical (unpaired) electrons. The number of para-hydroxylation sites is 1. The Balaban J connectivity index is 1.71. The van der Waals surface area contributed by atoms with E-state index in [2.05, 4.69) is 83.5 Å². The molecule has 0 spiro atoms. The lowest BCUT2D eigenvalue weighted by Crippen LogP contribution is -2.22. The summed E-state index contributed by atoms with van der Waals surface area (Å²) in [4.78, 5) is 0. The maximum Gasteiger partial charge on any atom is 0.143 e. The van der Waals surface area contributed by atoms with E-state index in [9.17, 15) is 0 Å². The molecule has 3 aromatic carbocycles. The highest BCUT2D eigenvalue weighted by Crippen LogP contribution is 2.44. The summed E-state index contributed by atoms with van der Waals surface area (Å²) in [7, 11) is 0. The maximum absolute atomic E-state index is 6.17. The molecule has 5 rings (SSSR count). The van der Waals surface area contributed by atoms with Crippen molar-refractivity contribution in [3.05, 3.63) is 72.3 Å². The van der Waals surface area contributed by atoms with Crippen LogP contribution in [0.5, 0.6) is 11.5 Å². The molecule has 1 N–H and O–H groups in total. The number of likely N-dealkylation sites (N-methyl/N-ethyl adjacent to an activating group) is 1. The van der Waals surface area contributed by atoms with E-state index in [0.717, 1.165) is 30.1 Å². The minimum absolute atomic E-state index is 0.146. The Kier molecular flexibility index (Phi) is 4.41. The van der Waals surface area contributed by atoms with Crippen LogP contribution in [0.15, 0.2) is 66.7 Å². The fraction of sp³-hybridized carbons (Fsp3) is 0.250. The van der Waals surface area contributed by atoms with Crippen LogP contribution in [0.2, 0.25) is 0 Å². The largest absolute Gasteiger partial charge is 0.492 e. The highest BCUT2D eigenvalue weighted by atomic mass is 16.5. The fourth-order valence-corrected chi connectivity index (χ4v) is 4.22. The second-order valence-electron chi connectivity index (χ2n) is 7.11. The third-order valence-corrected chi connectivity index (χ3v) is 5.45. The summed E-state index contributed by atoms with van der Waals surface area (Å²) in [5.41, 5.74) is 3.61. The highest BCUT2D eigenvalue weighted by molar-refractivity contribution is 6.13. The molecule has 4 nitrogen and oxygen atoms in total. The number of nitrogens with one attached hydrogen (secondary N) is 1. The SMILES string of the molecule is CCNCCOc1cccc2c1c1cccc3c1n2C(c1ccccc1)CO3. The van der Waals surface area contributed by atoms with Gasteiger partial charge in [-0.3, -0.25) is 0 Å². The van der Waals surface area contributed by atoms with E-state index >= 15 is 0 Å². The number of hydrogen-bond acceptors (Lipinski definition) is 3. The zero-order valence-corrected chi connectivity index (χ0v) is 16.0. The molecule has 1 aromatic heterocycles. The van der Waals surface area contributed by atoms with E-state index in [1.807, 2.05) is 0 Å². The average Bonchev–Trinajstić information content (AvgIpc) is 3.09. The summed E-state index contributed by atoms with van der Waals surface area (Å²) in [6.07, 6.45) is 0. The van der Waals surface area contributed by atoms with E-state index in [1.165, 1.54) is 21.9 Å². The molecule has 1 unspecified atom stereocenters. The Hall–Kier alpha value is -2.98. The van der Waals surface area contributed by atoms with Crippen LogP contribution in [0, 0.1) is 0 Å². The highest BCUT2D eigenvalue weighted by Gasteiger charge is 2.28. The predicted molar refractivity (Wildman–Crippen MR) is 114 cm³/mol. The standard InChI is InChI=1S/C24H24N2O2/c1-2-25-14-15-27-21-12-7-11-19-23(21)18-10-6-13-22-24(18)26(19)20(16-28-22)17-8-4-3-5-9-17/h3-13,20,25H,2,14-16H2,1H3. The molecule has 1 atom stereocenters. The van der Waals surface area contributed by atoms with Crippen LogP contribution in [-0.2, 0) is 0 Å². The first-order chi connectivity index (χ1) is 13.9. The molecule has 0 amide bonds. The van der Waals surface area contributed by atoms with Crippen LogP contribution in [0.4, 0.5) is 0 Å². The van der Waals surface area contributed by atoms with E-state index in [-0.39, 0.29) is 6.04 Å². The topological polar surface area (TPSA) is 35.4 Å². The fourth-order valence-electron chi connectivity index (χ4n) is 4.22. The summed E-state index contributed by atoms with van der Waals surface area (Å²) in [6.45, 7) is 5.18. The van der Waals surface area contributed by atoms with Gasteiger partial charge in [-0.25, -0.2) is 0 Å². The lowest BCUT2D eigenvalue weighted by molar-refractivity contribution is 0.262. The molecule has 0 saturated carbocycles. The Morgan fingerprint density at radius 2 is 1.89 bits per heavy atom. The molecule has 2 heterocycles. The van der Waals surface area contributed by atoms with Crippen molar-refractivity contribution in [1.82, 2.24) is 9.88 Å². The first-order valence-electron chi connectivity index (χ1n) is 9.95. The Labute approximate surface area is 164 Å². The molecule has 0 saturated heterocycles. The van der Waals surface area contributed by atoms with Gasteiger partial charge < -0.3 is 19.4 Å². The third-order valence-electron chi connectivity index (χ3n) is 5.45. The van der Waals surface area contributed by atoms with Crippen LogP contribution >= 0.6 is 0 Å². The Bertz CT molecular complexity index is 1120. The van der Waals surface area contributed by atoms with Crippen LogP contribution < -0.4 is 14.8 Å². The number of hydrogen-bond donors (Lipinski definition) is 1. The lowest BCUT2D eigenvalue weighted by Gasteiger charge is -2.27. The number of nitrogens with zero attached hydrogens (tertiary/aromatic N) is 1. The predicted octanol–water partition coefficient (Wildman–Crippen LogP) is 4.76. The molecule has 0 aliphatic carbocycles. The molecule has 4 heteroatoms. The molecule has 0 bridgehead atoms. The molecule has 142 valence electrons. The van der Waals surface area contributed by atoms with Gasteiger partial charge in [0.15, 0.2) is 0 Å². The van der Waals surface area contributed by atoms with Crippen molar-refractivity contribution in [2.24, 2.45) is 0 Å². The van der Waals surface area contributed by atoms with E-state index in [1.54, 1.807) is 0 Å². The van der Waals surface area contributed by atoms with Gasteiger partial charge in [-0.15, -0.1) is 0 Å².